The number of halogens is 2. The Hall–Kier alpha value is -1.37. The Balaban J connectivity index is 0.00000208. The van der Waals surface area contributed by atoms with Crippen LogP contribution in [0, 0.1) is 16.0 Å². The zero-order valence-electron chi connectivity index (χ0n) is 13.2. The van der Waals surface area contributed by atoms with E-state index < -0.39 is 4.92 Å². The Bertz CT molecular complexity index is 615. The van der Waals surface area contributed by atoms with Crippen molar-refractivity contribution >= 4 is 35.6 Å². The number of likely N-dealkylation sites (tertiary alicyclic amines) is 1. The first-order valence-electron chi connectivity index (χ1n) is 8.02. The van der Waals surface area contributed by atoms with Crippen molar-refractivity contribution in [2.75, 3.05) is 19.6 Å². The summed E-state index contributed by atoms with van der Waals surface area (Å²) in [5.41, 5.74) is -0.222. The molecule has 1 saturated heterocycles. The molecule has 2 aliphatic rings. The van der Waals surface area contributed by atoms with Gasteiger partial charge >= 0.3 is 0 Å². The number of nitrogens with one attached hydrogen (secondary N) is 1. The van der Waals surface area contributed by atoms with Gasteiger partial charge in [0.1, 0.15) is 5.56 Å². The summed E-state index contributed by atoms with van der Waals surface area (Å²) in [6.45, 7) is 2.27. The minimum atomic E-state index is -0.553. The predicted molar refractivity (Wildman–Crippen MR) is 95.0 cm³/mol. The highest BCUT2D eigenvalue weighted by atomic mass is 35.5. The number of nitro groups is 1. The second kappa shape index (κ2) is 8.14. The number of amides is 1. The number of benzene rings is 1. The van der Waals surface area contributed by atoms with Gasteiger partial charge in [-0.2, -0.15) is 0 Å². The van der Waals surface area contributed by atoms with Crippen molar-refractivity contribution in [2.45, 2.75) is 31.7 Å². The Kier molecular flexibility index (Phi) is 6.43. The molecule has 0 radical (unpaired) electrons. The van der Waals surface area contributed by atoms with Crippen molar-refractivity contribution in [1.82, 2.24) is 10.2 Å². The SMILES string of the molecule is Cl.O=C(c1c(Cl)cccc1[N+](=O)[O-])N1CCC(NCC2CC2)CC1. The predicted octanol–water partition coefficient (Wildman–Crippen LogP) is 3.27. The van der Waals surface area contributed by atoms with Gasteiger partial charge in [0.2, 0.25) is 0 Å². The molecule has 1 aromatic rings. The molecule has 6 nitrogen and oxygen atoms in total. The van der Waals surface area contributed by atoms with Crippen LogP contribution in [0.5, 0.6) is 0 Å². The molecule has 1 saturated carbocycles. The zero-order valence-corrected chi connectivity index (χ0v) is 14.8. The molecule has 1 amide bonds. The van der Waals surface area contributed by atoms with Gasteiger partial charge in [0.15, 0.2) is 0 Å². The summed E-state index contributed by atoms with van der Waals surface area (Å²) < 4.78 is 0. The lowest BCUT2D eigenvalue weighted by atomic mass is 10.0. The van der Waals surface area contributed by atoms with Crippen LogP contribution in [-0.4, -0.2) is 41.4 Å². The van der Waals surface area contributed by atoms with E-state index in [0.717, 1.165) is 25.3 Å². The molecular weight excluding hydrogens is 353 g/mol. The first-order valence-corrected chi connectivity index (χ1v) is 8.39. The Labute approximate surface area is 152 Å². The molecule has 8 heteroatoms. The molecule has 3 rings (SSSR count). The lowest BCUT2D eigenvalue weighted by molar-refractivity contribution is -0.385. The van der Waals surface area contributed by atoms with E-state index in [9.17, 15) is 14.9 Å². The maximum absolute atomic E-state index is 12.6. The van der Waals surface area contributed by atoms with Gasteiger partial charge in [0.05, 0.1) is 9.95 Å². The van der Waals surface area contributed by atoms with Crippen LogP contribution in [0.1, 0.15) is 36.0 Å². The second-order valence-electron chi connectivity index (χ2n) is 6.31. The van der Waals surface area contributed by atoms with Crippen molar-refractivity contribution in [1.29, 1.82) is 0 Å². The van der Waals surface area contributed by atoms with E-state index in [0.29, 0.717) is 19.1 Å². The molecule has 0 spiro atoms. The largest absolute Gasteiger partial charge is 0.338 e. The highest BCUT2D eigenvalue weighted by Gasteiger charge is 2.30. The van der Waals surface area contributed by atoms with Gasteiger partial charge in [-0.25, -0.2) is 0 Å². The summed E-state index contributed by atoms with van der Waals surface area (Å²) in [6.07, 6.45) is 4.38. The summed E-state index contributed by atoms with van der Waals surface area (Å²) in [6, 6.07) is 4.76. The number of nitrogens with zero attached hydrogens (tertiary/aromatic N) is 2. The van der Waals surface area contributed by atoms with E-state index in [-0.39, 0.29) is 34.6 Å². The van der Waals surface area contributed by atoms with Gasteiger partial charge < -0.3 is 10.2 Å². The molecule has 2 fully saturated rings. The number of piperidine rings is 1. The summed E-state index contributed by atoms with van der Waals surface area (Å²) in [5.74, 6) is 0.489. The number of hydrogen-bond acceptors (Lipinski definition) is 4. The van der Waals surface area contributed by atoms with Crippen LogP contribution in [0.2, 0.25) is 5.02 Å². The maximum atomic E-state index is 12.6. The first kappa shape index (κ1) is 19.0. The highest BCUT2D eigenvalue weighted by Crippen LogP contribution is 2.30. The lowest BCUT2D eigenvalue weighted by Crippen LogP contribution is -2.45. The number of nitro benzene ring substituents is 1. The molecule has 0 bridgehead atoms. The van der Waals surface area contributed by atoms with Crippen LogP contribution < -0.4 is 5.32 Å². The third-order valence-corrected chi connectivity index (χ3v) is 4.89. The Morgan fingerprint density at radius 3 is 2.54 bits per heavy atom. The van der Waals surface area contributed by atoms with Gasteiger partial charge in [-0.3, -0.25) is 14.9 Å². The number of rotatable bonds is 5. The van der Waals surface area contributed by atoms with E-state index in [2.05, 4.69) is 5.32 Å². The third-order valence-electron chi connectivity index (χ3n) is 4.58. The van der Waals surface area contributed by atoms with Gasteiger partial charge in [0, 0.05) is 25.2 Å². The first-order chi connectivity index (χ1) is 11.1. The molecule has 1 aliphatic carbocycles. The van der Waals surface area contributed by atoms with Crippen molar-refractivity contribution in [2.24, 2.45) is 5.92 Å². The van der Waals surface area contributed by atoms with Crippen molar-refractivity contribution in [3.05, 3.63) is 38.9 Å². The van der Waals surface area contributed by atoms with E-state index in [1.165, 1.54) is 31.0 Å². The number of carbonyl (C=O) groups is 1. The molecule has 0 unspecified atom stereocenters. The lowest BCUT2D eigenvalue weighted by Gasteiger charge is -2.32. The molecule has 24 heavy (non-hydrogen) atoms. The van der Waals surface area contributed by atoms with Gasteiger partial charge in [-0.05, 0) is 44.2 Å². The van der Waals surface area contributed by atoms with E-state index in [1.807, 2.05) is 0 Å². The minimum absolute atomic E-state index is 0. The number of hydrogen-bond donors (Lipinski definition) is 1. The summed E-state index contributed by atoms with van der Waals surface area (Å²) in [7, 11) is 0. The monoisotopic (exact) mass is 373 g/mol. The Morgan fingerprint density at radius 2 is 1.96 bits per heavy atom. The smallest absolute Gasteiger partial charge is 0.283 e. The third kappa shape index (κ3) is 4.37. The summed E-state index contributed by atoms with van der Waals surface area (Å²) >= 11 is 6.04. The van der Waals surface area contributed by atoms with Crippen molar-refractivity contribution < 1.29 is 9.72 Å². The van der Waals surface area contributed by atoms with Crippen LogP contribution >= 0.6 is 24.0 Å². The fourth-order valence-electron chi connectivity index (χ4n) is 2.98. The maximum Gasteiger partial charge on any atom is 0.283 e. The van der Waals surface area contributed by atoms with E-state index in [4.69, 9.17) is 11.6 Å². The van der Waals surface area contributed by atoms with E-state index in [1.54, 1.807) is 4.90 Å². The van der Waals surface area contributed by atoms with Crippen LogP contribution in [0.4, 0.5) is 5.69 Å². The van der Waals surface area contributed by atoms with Gasteiger partial charge in [0.25, 0.3) is 11.6 Å². The van der Waals surface area contributed by atoms with Crippen molar-refractivity contribution in [3.63, 3.8) is 0 Å². The second-order valence-corrected chi connectivity index (χ2v) is 6.72. The topological polar surface area (TPSA) is 75.5 Å². The molecular formula is C16H21Cl2N3O3. The van der Waals surface area contributed by atoms with Crippen LogP contribution in [0.3, 0.4) is 0 Å². The molecule has 1 N–H and O–H groups in total. The average molecular weight is 374 g/mol. The molecule has 1 aromatic carbocycles. The normalized spacial score (nSPS) is 18.1. The van der Waals surface area contributed by atoms with Gasteiger partial charge in [-0.1, -0.05) is 17.7 Å². The van der Waals surface area contributed by atoms with Gasteiger partial charge in [-0.15, -0.1) is 12.4 Å². The van der Waals surface area contributed by atoms with Crippen LogP contribution in [0.25, 0.3) is 0 Å². The summed E-state index contributed by atoms with van der Waals surface area (Å²) in [4.78, 5) is 24.9. The van der Waals surface area contributed by atoms with E-state index >= 15 is 0 Å². The average Bonchev–Trinajstić information content (AvgIpc) is 3.37. The van der Waals surface area contributed by atoms with Crippen LogP contribution in [0.15, 0.2) is 18.2 Å². The Morgan fingerprint density at radius 1 is 1.29 bits per heavy atom. The molecule has 0 atom stereocenters. The molecule has 0 aromatic heterocycles. The molecule has 1 aliphatic heterocycles. The van der Waals surface area contributed by atoms with Crippen molar-refractivity contribution in [3.8, 4) is 0 Å². The molecule has 132 valence electrons. The number of carbonyl (C=O) groups excluding carboxylic acids is 1. The minimum Gasteiger partial charge on any atom is -0.338 e. The highest BCUT2D eigenvalue weighted by molar-refractivity contribution is 6.34. The zero-order chi connectivity index (χ0) is 16.4. The standard InChI is InChI=1S/C16H20ClN3O3.ClH/c17-13-2-1-3-14(20(22)23)15(13)16(21)19-8-6-12(7-9-19)18-10-11-4-5-11;/h1-3,11-12,18H,4-10H2;1H. The summed E-state index contributed by atoms with van der Waals surface area (Å²) in [5, 5.41) is 14.8. The fourth-order valence-corrected chi connectivity index (χ4v) is 3.23. The molecule has 1 heterocycles. The van der Waals surface area contributed by atoms with Crippen LogP contribution in [-0.2, 0) is 0 Å². The fraction of sp³-hybridized carbons (Fsp3) is 0.562. The quantitative estimate of drug-likeness (QED) is 0.634.